The Kier molecular flexibility index (Phi) is 2.99. The number of carbonyl (C=O) groups is 1. The van der Waals surface area contributed by atoms with Crippen LogP contribution in [0.2, 0.25) is 0 Å². The van der Waals surface area contributed by atoms with Crippen molar-refractivity contribution in [3.8, 4) is 0 Å². The lowest BCUT2D eigenvalue weighted by atomic mass is 10.1. The molecule has 1 unspecified atom stereocenters. The van der Waals surface area contributed by atoms with Crippen molar-refractivity contribution in [2.45, 2.75) is 12.5 Å². The minimum absolute atomic E-state index is 0.0215. The third-order valence-electron chi connectivity index (χ3n) is 2.52. The maximum Gasteiger partial charge on any atom is 0.246 e. The van der Waals surface area contributed by atoms with E-state index >= 15 is 0 Å². The van der Waals surface area contributed by atoms with Gasteiger partial charge < -0.3 is 16.4 Å². The Labute approximate surface area is 88.9 Å². The number of amides is 1. The molecule has 1 amide bonds. The summed E-state index contributed by atoms with van der Waals surface area (Å²) in [7, 11) is 0. The predicted octanol–water partition coefficient (Wildman–Crippen LogP) is 0.618. The Morgan fingerprint density at radius 1 is 1.40 bits per heavy atom. The SMILES string of the molecule is NCCCNC1C(=O)Nc2ccccc21. The highest BCUT2D eigenvalue weighted by molar-refractivity contribution is 6.02. The Morgan fingerprint density at radius 2 is 2.20 bits per heavy atom. The second-order valence-electron chi connectivity index (χ2n) is 3.61. The third-order valence-corrected chi connectivity index (χ3v) is 2.52. The zero-order chi connectivity index (χ0) is 10.7. The van der Waals surface area contributed by atoms with Crippen molar-refractivity contribution in [2.24, 2.45) is 5.73 Å². The van der Waals surface area contributed by atoms with E-state index in [9.17, 15) is 4.79 Å². The fraction of sp³-hybridized carbons (Fsp3) is 0.364. The molecular formula is C11H15N3O. The zero-order valence-corrected chi connectivity index (χ0v) is 8.49. The van der Waals surface area contributed by atoms with Crippen LogP contribution >= 0.6 is 0 Å². The molecule has 0 aromatic heterocycles. The number of hydrogen-bond acceptors (Lipinski definition) is 3. The van der Waals surface area contributed by atoms with Gasteiger partial charge in [0.1, 0.15) is 6.04 Å². The molecule has 0 spiro atoms. The Balaban J connectivity index is 2.08. The lowest BCUT2D eigenvalue weighted by Crippen LogP contribution is -2.29. The summed E-state index contributed by atoms with van der Waals surface area (Å²) < 4.78 is 0. The Bertz CT molecular complexity index is 365. The van der Waals surface area contributed by atoms with Crippen molar-refractivity contribution in [3.63, 3.8) is 0 Å². The molecule has 1 aliphatic heterocycles. The Morgan fingerprint density at radius 3 is 3.00 bits per heavy atom. The number of benzene rings is 1. The number of hydrogen-bond donors (Lipinski definition) is 3. The summed E-state index contributed by atoms with van der Waals surface area (Å²) in [5.41, 5.74) is 7.34. The van der Waals surface area contributed by atoms with E-state index in [0.29, 0.717) is 6.54 Å². The van der Waals surface area contributed by atoms with Crippen LogP contribution in [0, 0.1) is 0 Å². The van der Waals surface area contributed by atoms with Crippen molar-refractivity contribution < 1.29 is 4.79 Å². The third kappa shape index (κ3) is 2.00. The van der Waals surface area contributed by atoms with E-state index < -0.39 is 0 Å². The summed E-state index contributed by atoms with van der Waals surface area (Å²) in [5, 5.41) is 6.04. The number of nitrogens with two attached hydrogens (primary N) is 1. The van der Waals surface area contributed by atoms with E-state index in [1.807, 2.05) is 24.3 Å². The first-order valence-corrected chi connectivity index (χ1v) is 5.16. The van der Waals surface area contributed by atoms with Gasteiger partial charge in [-0.2, -0.15) is 0 Å². The van der Waals surface area contributed by atoms with Crippen LogP contribution in [0.5, 0.6) is 0 Å². The van der Waals surface area contributed by atoms with Gasteiger partial charge >= 0.3 is 0 Å². The summed E-state index contributed by atoms with van der Waals surface area (Å²) in [6.07, 6.45) is 0.881. The molecule has 2 rings (SSSR count). The van der Waals surface area contributed by atoms with Gasteiger partial charge in [0.15, 0.2) is 0 Å². The van der Waals surface area contributed by atoms with Gasteiger partial charge in [0.25, 0.3) is 0 Å². The molecule has 0 aliphatic carbocycles. The van der Waals surface area contributed by atoms with Crippen molar-refractivity contribution in [3.05, 3.63) is 29.8 Å². The van der Waals surface area contributed by atoms with Gasteiger partial charge in [-0.15, -0.1) is 0 Å². The summed E-state index contributed by atoms with van der Waals surface area (Å²) in [6, 6.07) is 7.52. The van der Waals surface area contributed by atoms with E-state index in [1.165, 1.54) is 0 Å². The number of carbonyl (C=O) groups excluding carboxylic acids is 1. The topological polar surface area (TPSA) is 67.1 Å². The summed E-state index contributed by atoms with van der Waals surface area (Å²) >= 11 is 0. The van der Waals surface area contributed by atoms with Crippen LogP contribution in [0.3, 0.4) is 0 Å². The average Bonchev–Trinajstić information content (AvgIpc) is 2.56. The highest BCUT2D eigenvalue weighted by Crippen LogP contribution is 2.29. The number of anilines is 1. The first-order chi connectivity index (χ1) is 7.33. The zero-order valence-electron chi connectivity index (χ0n) is 8.49. The molecular weight excluding hydrogens is 190 g/mol. The van der Waals surface area contributed by atoms with Gasteiger partial charge in [-0.1, -0.05) is 18.2 Å². The molecule has 0 fully saturated rings. The molecule has 0 radical (unpaired) electrons. The smallest absolute Gasteiger partial charge is 0.246 e. The molecule has 4 nitrogen and oxygen atoms in total. The predicted molar refractivity (Wildman–Crippen MR) is 59.5 cm³/mol. The van der Waals surface area contributed by atoms with Gasteiger partial charge in [0, 0.05) is 11.3 Å². The summed E-state index contributed by atoms with van der Waals surface area (Å²) in [5.74, 6) is 0.0215. The molecule has 15 heavy (non-hydrogen) atoms. The normalized spacial score (nSPS) is 18.7. The second kappa shape index (κ2) is 4.42. The first-order valence-electron chi connectivity index (χ1n) is 5.16. The minimum Gasteiger partial charge on any atom is -0.330 e. The standard InChI is InChI=1S/C11H15N3O/c12-6-3-7-13-10-8-4-1-2-5-9(8)14-11(10)15/h1-2,4-5,10,13H,3,6-7,12H2,(H,14,15). The lowest BCUT2D eigenvalue weighted by molar-refractivity contribution is -0.117. The van der Waals surface area contributed by atoms with E-state index in [1.54, 1.807) is 0 Å². The van der Waals surface area contributed by atoms with Crippen LogP contribution in [0.1, 0.15) is 18.0 Å². The molecule has 0 bridgehead atoms. The van der Waals surface area contributed by atoms with Crippen molar-refractivity contribution in [2.75, 3.05) is 18.4 Å². The van der Waals surface area contributed by atoms with Crippen LogP contribution in [-0.2, 0) is 4.79 Å². The Hall–Kier alpha value is -1.39. The van der Waals surface area contributed by atoms with Crippen LogP contribution < -0.4 is 16.4 Å². The van der Waals surface area contributed by atoms with E-state index in [4.69, 9.17) is 5.73 Å². The molecule has 1 aliphatic rings. The minimum atomic E-state index is -0.215. The van der Waals surface area contributed by atoms with Crippen molar-refractivity contribution >= 4 is 11.6 Å². The number of fused-ring (bicyclic) bond motifs is 1. The van der Waals surface area contributed by atoms with E-state index in [2.05, 4.69) is 10.6 Å². The largest absolute Gasteiger partial charge is 0.330 e. The van der Waals surface area contributed by atoms with Crippen LogP contribution in [-0.4, -0.2) is 19.0 Å². The molecule has 1 aromatic rings. The molecule has 1 heterocycles. The number of nitrogens with one attached hydrogen (secondary N) is 2. The fourth-order valence-electron chi connectivity index (χ4n) is 1.76. The number of rotatable bonds is 4. The van der Waals surface area contributed by atoms with E-state index in [0.717, 1.165) is 24.2 Å². The highest BCUT2D eigenvalue weighted by atomic mass is 16.2. The van der Waals surface area contributed by atoms with Gasteiger partial charge in [-0.3, -0.25) is 4.79 Å². The van der Waals surface area contributed by atoms with E-state index in [-0.39, 0.29) is 11.9 Å². The van der Waals surface area contributed by atoms with Crippen molar-refractivity contribution in [1.29, 1.82) is 0 Å². The average molecular weight is 205 g/mol. The van der Waals surface area contributed by atoms with Gasteiger partial charge in [0.2, 0.25) is 5.91 Å². The van der Waals surface area contributed by atoms with Gasteiger partial charge in [-0.25, -0.2) is 0 Å². The molecule has 4 N–H and O–H groups in total. The molecule has 0 saturated heterocycles. The molecule has 4 heteroatoms. The number of para-hydroxylation sites is 1. The fourth-order valence-corrected chi connectivity index (χ4v) is 1.76. The van der Waals surface area contributed by atoms with Crippen LogP contribution in [0.15, 0.2) is 24.3 Å². The van der Waals surface area contributed by atoms with Gasteiger partial charge in [-0.05, 0) is 25.6 Å². The molecule has 0 saturated carbocycles. The summed E-state index contributed by atoms with van der Waals surface area (Å²) in [4.78, 5) is 11.6. The van der Waals surface area contributed by atoms with Crippen LogP contribution in [0.4, 0.5) is 5.69 Å². The maximum absolute atomic E-state index is 11.6. The molecule has 1 atom stereocenters. The summed E-state index contributed by atoms with van der Waals surface area (Å²) in [6.45, 7) is 1.41. The first kappa shape index (κ1) is 10.1. The van der Waals surface area contributed by atoms with Crippen molar-refractivity contribution in [1.82, 2.24) is 5.32 Å². The quantitative estimate of drug-likeness (QED) is 0.631. The second-order valence-corrected chi connectivity index (χ2v) is 3.61. The highest BCUT2D eigenvalue weighted by Gasteiger charge is 2.28. The molecule has 80 valence electrons. The lowest BCUT2D eigenvalue weighted by Gasteiger charge is -2.10. The van der Waals surface area contributed by atoms with Crippen LogP contribution in [0.25, 0.3) is 0 Å². The van der Waals surface area contributed by atoms with Gasteiger partial charge in [0.05, 0.1) is 0 Å². The molecule has 1 aromatic carbocycles. The monoisotopic (exact) mass is 205 g/mol. The maximum atomic E-state index is 11.6.